The van der Waals surface area contributed by atoms with E-state index in [-0.39, 0.29) is 11.7 Å². The molecule has 1 aromatic heterocycles. The first kappa shape index (κ1) is 11.8. The number of hydrogen-bond acceptors (Lipinski definition) is 1. The molecule has 0 radical (unpaired) electrons. The Morgan fingerprint density at radius 3 is 2.73 bits per heavy atom. The van der Waals surface area contributed by atoms with Crippen molar-refractivity contribution in [3.8, 4) is 0 Å². The summed E-state index contributed by atoms with van der Waals surface area (Å²) in [6.07, 6.45) is 4.82. The van der Waals surface area contributed by atoms with E-state index in [9.17, 15) is 4.79 Å². The van der Waals surface area contributed by atoms with Crippen LogP contribution in [-0.2, 0) is 6.54 Å². The number of allylic oxidation sites excluding steroid dienone is 1. The second-order valence-electron chi connectivity index (χ2n) is 4.20. The molecule has 0 amide bonds. The average molecular weight is 205 g/mol. The van der Waals surface area contributed by atoms with Crippen LogP contribution in [0.2, 0.25) is 0 Å². The van der Waals surface area contributed by atoms with Gasteiger partial charge in [0.1, 0.15) is 0 Å². The van der Waals surface area contributed by atoms with Crippen LogP contribution >= 0.6 is 0 Å². The van der Waals surface area contributed by atoms with Crippen LogP contribution in [0, 0.1) is 5.92 Å². The topological polar surface area (TPSA) is 22.0 Å². The summed E-state index contributed by atoms with van der Waals surface area (Å²) in [7, 11) is 0. The summed E-state index contributed by atoms with van der Waals surface area (Å²) in [4.78, 5) is 11.7. The van der Waals surface area contributed by atoms with Crippen LogP contribution in [0.1, 0.15) is 37.6 Å². The molecule has 1 heterocycles. The van der Waals surface area contributed by atoms with E-state index >= 15 is 0 Å². The highest BCUT2D eigenvalue weighted by Gasteiger charge is 2.11. The Bertz CT molecular complexity index is 360. The third kappa shape index (κ3) is 3.08. The zero-order valence-electron chi connectivity index (χ0n) is 9.79. The Kier molecular flexibility index (Phi) is 3.89. The van der Waals surface area contributed by atoms with Crippen molar-refractivity contribution in [2.45, 2.75) is 33.7 Å². The van der Waals surface area contributed by atoms with Gasteiger partial charge in [-0.15, -0.1) is 0 Å². The number of carbonyl (C=O) groups is 1. The van der Waals surface area contributed by atoms with Crippen molar-refractivity contribution >= 4 is 5.78 Å². The van der Waals surface area contributed by atoms with Crippen molar-refractivity contribution in [3.05, 3.63) is 36.2 Å². The predicted molar refractivity (Wildman–Crippen MR) is 63.0 cm³/mol. The van der Waals surface area contributed by atoms with Crippen LogP contribution in [0.15, 0.2) is 30.6 Å². The van der Waals surface area contributed by atoms with Gasteiger partial charge in [0.15, 0.2) is 5.78 Å². The van der Waals surface area contributed by atoms with E-state index in [0.717, 1.165) is 18.5 Å². The SMILES string of the molecule is C=C(CC)Cn1ccc(C(=O)C(C)C)c1. The highest BCUT2D eigenvalue weighted by atomic mass is 16.1. The zero-order chi connectivity index (χ0) is 11.4. The van der Waals surface area contributed by atoms with E-state index in [2.05, 4.69) is 13.5 Å². The average Bonchev–Trinajstić information content (AvgIpc) is 2.64. The van der Waals surface area contributed by atoms with Crippen molar-refractivity contribution in [2.24, 2.45) is 5.92 Å². The van der Waals surface area contributed by atoms with Gasteiger partial charge in [-0.25, -0.2) is 0 Å². The monoisotopic (exact) mass is 205 g/mol. The third-order valence-corrected chi connectivity index (χ3v) is 2.47. The van der Waals surface area contributed by atoms with E-state index < -0.39 is 0 Å². The maximum absolute atomic E-state index is 11.7. The number of aromatic nitrogens is 1. The molecular weight excluding hydrogens is 186 g/mol. The predicted octanol–water partition coefficient (Wildman–Crippen LogP) is 3.29. The maximum atomic E-state index is 11.7. The minimum atomic E-state index is 0.0650. The highest BCUT2D eigenvalue weighted by Crippen LogP contribution is 2.10. The third-order valence-electron chi connectivity index (χ3n) is 2.47. The highest BCUT2D eigenvalue weighted by molar-refractivity contribution is 5.97. The van der Waals surface area contributed by atoms with Crippen LogP contribution in [0.5, 0.6) is 0 Å². The minimum absolute atomic E-state index is 0.0650. The summed E-state index contributed by atoms with van der Waals surface area (Å²) < 4.78 is 2.02. The fourth-order valence-electron chi connectivity index (χ4n) is 1.39. The summed E-state index contributed by atoms with van der Waals surface area (Å²) >= 11 is 0. The Morgan fingerprint density at radius 2 is 2.20 bits per heavy atom. The summed E-state index contributed by atoms with van der Waals surface area (Å²) in [5, 5.41) is 0. The van der Waals surface area contributed by atoms with Gasteiger partial charge in [0.2, 0.25) is 0 Å². The molecule has 0 saturated heterocycles. The molecule has 0 aromatic carbocycles. The lowest BCUT2D eigenvalue weighted by molar-refractivity contribution is 0.0939. The first-order valence-corrected chi connectivity index (χ1v) is 5.41. The van der Waals surface area contributed by atoms with Gasteiger partial charge in [-0.2, -0.15) is 0 Å². The van der Waals surface area contributed by atoms with Crippen LogP contribution in [0.25, 0.3) is 0 Å². The minimum Gasteiger partial charge on any atom is -0.349 e. The van der Waals surface area contributed by atoms with Gasteiger partial charge in [-0.05, 0) is 12.5 Å². The van der Waals surface area contributed by atoms with Crippen LogP contribution in [0.3, 0.4) is 0 Å². The van der Waals surface area contributed by atoms with Gasteiger partial charge in [0, 0.05) is 30.4 Å². The molecule has 2 heteroatoms. The number of nitrogens with zero attached hydrogens (tertiary/aromatic N) is 1. The first-order chi connectivity index (χ1) is 7.04. The lowest BCUT2D eigenvalue weighted by Crippen LogP contribution is -2.06. The lowest BCUT2D eigenvalue weighted by Gasteiger charge is -2.04. The number of carbonyl (C=O) groups excluding carboxylic acids is 1. The summed E-state index contributed by atoms with van der Waals surface area (Å²) in [5.41, 5.74) is 1.98. The maximum Gasteiger partial charge on any atom is 0.166 e. The second-order valence-corrected chi connectivity index (χ2v) is 4.20. The molecule has 0 spiro atoms. The normalized spacial score (nSPS) is 10.7. The van der Waals surface area contributed by atoms with Gasteiger partial charge in [0.05, 0.1) is 0 Å². The van der Waals surface area contributed by atoms with Crippen molar-refractivity contribution in [2.75, 3.05) is 0 Å². The van der Waals surface area contributed by atoms with Crippen molar-refractivity contribution in [3.63, 3.8) is 0 Å². The lowest BCUT2D eigenvalue weighted by atomic mass is 10.0. The Balaban J connectivity index is 2.72. The fraction of sp³-hybridized carbons (Fsp3) is 0.462. The molecule has 82 valence electrons. The summed E-state index contributed by atoms with van der Waals surface area (Å²) in [5.74, 6) is 0.270. The van der Waals surface area contributed by atoms with Gasteiger partial charge >= 0.3 is 0 Å². The Morgan fingerprint density at radius 1 is 1.53 bits per heavy atom. The molecule has 1 rings (SSSR count). The smallest absolute Gasteiger partial charge is 0.166 e. The van der Waals surface area contributed by atoms with Crippen LogP contribution in [-0.4, -0.2) is 10.4 Å². The molecule has 15 heavy (non-hydrogen) atoms. The molecule has 1 aromatic rings. The van der Waals surface area contributed by atoms with Gasteiger partial charge < -0.3 is 4.57 Å². The summed E-state index contributed by atoms with van der Waals surface area (Å²) in [6, 6.07) is 1.88. The standard InChI is InChI=1S/C13H19NO/c1-5-11(4)8-14-7-6-12(9-14)13(15)10(2)3/h6-7,9-10H,4-5,8H2,1-3H3. The molecule has 0 aliphatic rings. The molecular formula is C13H19NO. The quantitative estimate of drug-likeness (QED) is 0.534. The Labute approximate surface area is 91.6 Å². The number of rotatable bonds is 5. The van der Waals surface area contributed by atoms with Gasteiger partial charge in [0.25, 0.3) is 0 Å². The van der Waals surface area contributed by atoms with Crippen molar-refractivity contribution < 1.29 is 4.79 Å². The van der Waals surface area contributed by atoms with Crippen LogP contribution < -0.4 is 0 Å². The molecule has 0 N–H and O–H groups in total. The molecule has 0 atom stereocenters. The van der Waals surface area contributed by atoms with E-state index in [4.69, 9.17) is 0 Å². The van der Waals surface area contributed by atoms with E-state index in [1.54, 1.807) is 0 Å². The molecule has 0 fully saturated rings. The molecule has 0 saturated carbocycles. The van der Waals surface area contributed by atoms with Crippen molar-refractivity contribution in [1.29, 1.82) is 0 Å². The molecule has 0 aliphatic carbocycles. The number of ketones is 1. The van der Waals surface area contributed by atoms with E-state index in [0.29, 0.717) is 0 Å². The zero-order valence-corrected chi connectivity index (χ0v) is 9.79. The Hall–Kier alpha value is -1.31. The molecule has 0 bridgehead atoms. The van der Waals surface area contributed by atoms with E-state index in [1.807, 2.05) is 36.9 Å². The fourth-order valence-corrected chi connectivity index (χ4v) is 1.39. The molecule has 0 unspecified atom stereocenters. The summed E-state index contributed by atoms with van der Waals surface area (Å²) in [6.45, 7) is 10.7. The number of hydrogen-bond donors (Lipinski definition) is 0. The van der Waals surface area contributed by atoms with Crippen LogP contribution in [0.4, 0.5) is 0 Å². The van der Waals surface area contributed by atoms with Gasteiger partial charge in [-0.1, -0.05) is 32.9 Å². The largest absolute Gasteiger partial charge is 0.349 e. The molecule has 0 aliphatic heterocycles. The number of Topliss-reactive ketones (excluding diaryl/α,β-unsaturated/α-hetero) is 1. The molecule has 2 nitrogen and oxygen atoms in total. The second kappa shape index (κ2) is 4.96. The first-order valence-electron chi connectivity index (χ1n) is 5.41. The van der Waals surface area contributed by atoms with Gasteiger partial charge in [-0.3, -0.25) is 4.79 Å². The van der Waals surface area contributed by atoms with E-state index in [1.165, 1.54) is 5.57 Å². The van der Waals surface area contributed by atoms with Crippen molar-refractivity contribution in [1.82, 2.24) is 4.57 Å².